The number of piperidine rings is 1. The molecule has 23 heavy (non-hydrogen) atoms. The molecule has 9 heteroatoms. The molecule has 2 rings (SSSR count). The molecule has 0 spiro atoms. The highest BCUT2D eigenvalue weighted by atomic mass is 35.5. The van der Waals surface area contributed by atoms with Crippen LogP contribution in [0.25, 0.3) is 0 Å². The maximum Gasteiger partial charge on any atom is 0.214 e. The van der Waals surface area contributed by atoms with Crippen molar-refractivity contribution in [2.24, 2.45) is 0 Å². The van der Waals surface area contributed by atoms with Crippen molar-refractivity contribution >= 4 is 22.4 Å². The van der Waals surface area contributed by atoms with Gasteiger partial charge in [-0.05, 0) is 30.7 Å². The van der Waals surface area contributed by atoms with Gasteiger partial charge in [0.15, 0.2) is 11.6 Å². The fourth-order valence-electron chi connectivity index (χ4n) is 2.61. The molecule has 2 atom stereocenters. The standard InChI is InChI=1S/C14H20F2N2O3S.ClH/c1-21-6-7-22(19,20)18-14-9-17-5-4-11(14)10-2-3-12(15)13(16)8-10;/h2-3,8,11,14,17-18H,4-7,9H2,1H3;1H. The number of hydrogen-bond donors (Lipinski definition) is 2. The first kappa shape index (κ1) is 20.2. The molecule has 0 radical (unpaired) electrons. The van der Waals surface area contributed by atoms with Crippen LogP contribution in [0.3, 0.4) is 0 Å². The van der Waals surface area contributed by atoms with E-state index in [0.717, 1.165) is 12.1 Å². The summed E-state index contributed by atoms with van der Waals surface area (Å²) < 4.78 is 57.9. The third-order valence-electron chi connectivity index (χ3n) is 3.74. The van der Waals surface area contributed by atoms with E-state index in [1.807, 2.05) is 0 Å². The Morgan fingerprint density at radius 2 is 2.09 bits per heavy atom. The lowest BCUT2D eigenvalue weighted by atomic mass is 9.86. The molecule has 0 amide bonds. The van der Waals surface area contributed by atoms with Gasteiger partial charge in [-0.1, -0.05) is 6.07 Å². The predicted octanol–water partition coefficient (Wildman–Crippen LogP) is 1.40. The van der Waals surface area contributed by atoms with Crippen molar-refractivity contribution < 1.29 is 21.9 Å². The zero-order valence-corrected chi connectivity index (χ0v) is 14.4. The van der Waals surface area contributed by atoms with Crippen LogP contribution in [0.1, 0.15) is 17.9 Å². The Hall–Kier alpha value is -0.800. The number of benzene rings is 1. The Kier molecular flexibility index (Phi) is 7.82. The number of nitrogens with one attached hydrogen (secondary N) is 2. The largest absolute Gasteiger partial charge is 0.384 e. The monoisotopic (exact) mass is 370 g/mol. The molecule has 5 nitrogen and oxygen atoms in total. The molecule has 0 saturated carbocycles. The second-order valence-electron chi connectivity index (χ2n) is 5.31. The van der Waals surface area contributed by atoms with Gasteiger partial charge in [-0.2, -0.15) is 0 Å². The molecular weight excluding hydrogens is 350 g/mol. The molecule has 2 N–H and O–H groups in total. The number of hydrogen-bond acceptors (Lipinski definition) is 4. The summed E-state index contributed by atoms with van der Waals surface area (Å²) in [6.07, 6.45) is 0.641. The molecule has 1 aliphatic rings. The number of ether oxygens (including phenoxy) is 1. The molecule has 1 aromatic carbocycles. The lowest BCUT2D eigenvalue weighted by Crippen LogP contribution is -2.50. The molecule has 132 valence electrons. The second-order valence-corrected chi connectivity index (χ2v) is 7.18. The van der Waals surface area contributed by atoms with E-state index in [9.17, 15) is 17.2 Å². The van der Waals surface area contributed by atoms with Crippen LogP contribution >= 0.6 is 12.4 Å². The molecule has 1 aliphatic heterocycles. The van der Waals surface area contributed by atoms with Crippen molar-refractivity contribution in [2.45, 2.75) is 18.4 Å². The Bertz CT molecular complexity index is 616. The van der Waals surface area contributed by atoms with Gasteiger partial charge < -0.3 is 10.1 Å². The van der Waals surface area contributed by atoms with Crippen molar-refractivity contribution in [1.82, 2.24) is 10.0 Å². The first-order valence-electron chi connectivity index (χ1n) is 7.07. The van der Waals surface area contributed by atoms with Gasteiger partial charge in [0.05, 0.1) is 12.4 Å². The summed E-state index contributed by atoms with van der Waals surface area (Å²) >= 11 is 0. The first-order chi connectivity index (χ1) is 10.4. The molecule has 1 aromatic rings. The Morgan fingerprint density at radius 3 is 2.74 bits per heavy atom. The van der Waals surface area contributed by atoms with Crippen LogP contribution in [0.4, 0.5) is 8.78 Å². The smallest absolute Gasteiger partial charge is 0.214 e. The summed E-state index contributed by atoms with van der Waals surface area (Å²) in [5.74, 6) is -2.16. The van der Waals surface area contributed by atoms with Gasteiger partial charge in [-0.25, -0.2) is 21.9 Å². The SMILES string of the molecule is COCCS(=O)(=O)NC1CNCCC1c1ccc(F)c(F)c1.Cl. The molecule has 1 fully saturated rings. The Labute approximate surface area is 141 Å². The number of rotatable bonds is 6. The van der Waals surface area contributed by atoms with Crippen molar-refractivity contribution in [3.8, 4) is 0 Å². The maximum atomic E-state index is 13.4. The molecular formula is C14H21ClF2N2O3S. The molecule has 1 saturated heterocycles. The average molecular weight is 371 g/mol. The molecule has 0 aromatic heterocycles. The molecule has 2 unspecified atom stereocenters. The summed E-state index contributed by atoms with van der Waals surface area (Å²) in [7, 11) is -2.05. The fraction of sp³-hybridized carbons (Fsp3) is 0.571. The first-order valence-corrected chi connectivity index (χ1v) is 8.73. The zero-order valence-electron chi connectivity index (χ0n) is 12.7. The second kappa shape index (κ2) is 8.89. The van der Waals surface area contributed by atoms with E-state index in [-0.39, 0.29) is 30.7 Å². The van der Waals surface area contributed by atoms with Crippen LogP contribution in [-0.2, 0) is 14.8 Å². The maximum absolute atomic E-state index is 13.4. The van der Waals surface area contributed by atoms with Crippen LogP contribution in [-0.4, -0.2) is 47.0 Å². The summed E-state index contributed by atoms with van der Waals surface area (Å²) in [5.41, 5.74) is 0.597. The fourth-order valence-corrected chi connectivity index (χ4v) is 3.82. The highest BCUT2D eigenvalue weighted by Crippen LogP contribution is 2.27. The minimum Gasteiger partial charge on any atom is -0.384 e. The third-order valence-corrected chi connectivity index (χ3v) is 5.11. The normalized spacial score (nSPS) is 21.7. The number of halogens is 3. The summed E-state index contributed by atoms with van der Waals surface area (Å²) in [5, 5.41) is 3.11. The molecule has 0 aliphatic carbocycles. The highest BCUT2D eigenvalue weighted by Gasteiger charge is 2.30. The van der Waals surface area contributed by atoms with E-state index < -0.39 is 27.7 Å². The van der Waals surface area contributed by atoms with Gasteiger partial charge >= 0.3 is 0 Å². The van der Waals surface area contributed by atoms with Crippen molar-refractivity contribution in [3.63, 3.8) is 0 Å². The van der Waals surface area contributed by atoms with Crippen LogP contribution < -0.4 is 10.0 Å². The summed E-state index contributed by atoms with van der Waals surface area (Å²) in [4.78, 5) is 0. The number of sulfonamides is 1. The molecule has 1 heterocycles. The minimum absolute atomic E-state index is 0. The zero-order chi connectivity index (χ0) is 16.2. The minimum atomic E-state index is -3.49. The van der Waals surface area contributed by atoms with Crippen molar-refractivity contribution in [1.29, 1.82) is 0 Å². The molecule has 0 bridgehead atoms. The lowest BCUT2D eigenvalue weighted by Gasteiger charge is -2.33. The van der Waals surface area contributed by atoms with Crippen molar-refractivity contribution in [2.75, 3.05) is 32.6 Å². The van der Waals surface area contributed by atoms with Crippen LogP contribution in [0.5, 0.6) is 0 Å². The Morgan fingerprint density at radius 1 is 1.35 bits per heavy atom. The van der Waals surface area contributed by atoms with Gasteiger partial charge in [-0.3, -0.25) is 0 Å². The van der Waals surface area contributed by atoms with E-state index in [1.165, 1.54) is 13.2 Å². The average Bonchev–Trinajstić information content (AvgIpc) is 2.48. The van der Waals surface area contributed by atoms with Gasteiger partial charge in [0.2, 0.25) is 10.0 Å². The van der Waals surface area contributed by atoms with Crippen molar-refractivity contribution in [3.05, 3.63) is 35.4 Å². The van der Waals surface area contributed by atoms with E-state index in [1.54, 1.807) is 0 Å². The van der Waals surface area contributed by atoms with Crippen LogP contribution in [0, 0.1) is 11.6 Å². The summed E-state index contributed by atoms with van der Waals surface area (Å²) in [6, 6.07) is 3.32. The lowest BCUT2D eigenvalue weighted by molar-refractivity contribution is 0.216. The van der Waals surface area contributed by atoms with E-state index >= 15 is 0 Å². The van der Waals surface area contributed by atoms with E-state index in [0.29, 0.717) is 25.1 Å². The quantitative estimate of drug-likeness (QED) is 0.794. The van der Waals surface area contributed by atoms with Gasteiger partial charge in [-0.15, -0.1) is 12.4 Å². The van der Waals surface area contributed by atoms with Gasteiger partial charge in [0.1, 0.15) is 0 Å². The van der Waals surface area contributed by atoms with E-state index in [4.69, 9.17) is 4.74 Å². The third kappa shape index (κ3) is 5.65. The topological polar surface area (TPSA) is 67.4 Å². The van der Waals surface area contributed by atoms with Gasteiger partial charge in [0, 0.05) is 25.6 Å². The highest BCUT2D eigenvalue weighted by molar-refractivity contribution is 7.89. The van der Waals surface area contributed by atoms with Crippen LogP contribution in [0.2, 0.25) is 0 Å². The van der Waals surface area contributed by atoms with Gasteiger partial charge in [0.25, 0.3) is 0 Å². The predicted molar refractivity (Wildman–Crippen MR) is 86.4 cm³/mol. The Balaban J connectivity index is 0.00000264. The summed E-state index contributed by atoms with van der Waals surface area (Å²) in [6.45, 7) is 1.24. The van der Waals surface area contributed by atoms with Crippen LogP contribution in [0.15, 0.2) is 18.2 Å². The number of methoxy groups -OCH3 is 1. The van der Waals surface area contributed by atoms with E-state index in [2.05, 4.69) is 10.0 Å².